The first-order valence-corrected chi connectivity index (χ1v) is 8.94. The van der Waals surface area contributed by atoms with Crippen LogP contribution in [0.3, 0.4) is 0 Å². The van der Waals surface area contributed by atoms with Gasteiger partial charge in [-0.25, -0.2) is 0 Å². The van der Waals surface area contributed by atoms with E-state index in [9.17, 15) is 4.79 Å². The summed E-state index contributed by atoms with van der Waals surface area (Å²) in [5.74, 6) is 3.65. The highest BCUT2D eigenvalue weighted by atomic mass is 16.5. The minimum absolute atomic E-state index is 0.100. The average Bonchev–Trinajstić information content (AvgIpc) is 3.08. The maximum Gasteiger partial charge on any atom is 0.273 e. The molecule has 0 saturated heterocycles. The van der Waals surface area contributed by atoms with E-state index in [0.717, 1.165) is 17.4 Å². The van der Waals surface area contributed by atoms with Crippen molar-refractivity contribution >= 4 is 5.91 Å². The molecule has 5 heteroatoms. The van der Waals surface area contributed by atoms with Crippen LogP contribution in [-0.2, 0) is 0 Å². The third-order valence-electron chi connectivity index (χ3n) is 6.23. The first-order chi connectivity index (χ1) is 11.8. The number of rotatable bonds is 3. The van der Waals surface area contributed by atoms with Gasteiger partial charge in [-0.3, -0.25) is 9.78 Å². The molecule has 5 nitrogen and oxygen atoms in total. The molecular formula is C19H21N3O2. The first-order valence-electron chi connectivity index (χ1n) is 8.94. The van der Waals surface area contributed by atoms with Gasteiger partial charge in [0.05, 0.1) is 0 Å². The predicted molar refractivity (Wildman–Crippen MR) is 88.0 cm³/mol. The van der Waals surface area contributed by atoms with E-state index in [1.54, 1.807) is 18.5 Å². The number of carbonyl (C=O) groups is 1. The zero-order valence-corrected chi connectivity index (χ0v) is 13.5. The first kappa shape index (κ1) is 14.2. The zero-order valence-electron chi connectivity index (χ0n) is 13.5. The SMILES string of the molecule is O=C(NC1C2CC3CC(C2)CC1C3)c1cc(-c2ccncc2)on1. The normalized spacial score (nSPS) is 33.6. The van der Waals surface area contributed by atoms with Crippen molar-refractivity contribution in [1.82, 2.24) is 15.5 Å². The zero-order chi connectivity index (χ0) is 16.1. The molecule has 24 heavy (non-hydrogen) atoms. The smallest absolute Gasteiger partial charge is 0.273 e. The Kier molecular flexibility index (Phi) is 3.21. The van der Waals surface area contributed by atoms with Gasteiger partial charge < -0.3 is 9.84 Å². The molecule has 4 bridgehead atoms. The van der Waals surface area contributed by atoms with Gasteiger partial charge >= 0.3 is 0 Å². The van der Waals surface area contributed by atoms with E-state index in [2.05, 4.69) is 15.5 Å². The third-order valence-corrected chi connectivity index (χ3v) is 6.23. The second-order valence-corrected chi connectivity index (χ2v) is 7.74. The van der Waals surface area contributed by atoms with Gasteiger partial charge in [0.25, 0.3) is 5.91 Å². The highest BCUT2D eigenvalue weighted by molar-refractivity contribution is 5.93. The molecule has 4 aliphatic carbocycles. The molecular weight excluding hydrogens is 302 g/mol. The molecule has 124 valence electrons. The van der Waals surface area contributed by atoms with Crippen molar-refractivity contribution in [2.24, 2.45) is 23.7 Å². The molecule has 0 radical (unpaired) electrons. The Morgan fingerprint density at radius 1 is 1.04 bits per heavy atom. The summed E-state index contributed by atoms with van der Waals surface area (Å²) in [4.78, 5) is 16.6. The van der Waals surface area contributed by atoms with Gasteiger partial charge in [0.2, 0.25) is 0 Å². The van der Waals surface area contributed by atoms with E-state index < -0.39 is 0 Å². The second-order valence-electron chi connectivity index (χ2n) is 7.74. The molecule has 0 aliphatic heterocycles. The van der Waals surface area contributed by atoms with E-state index >= 15 is 0 Å². The standard InChI is InChI=1S/C19H21N3O2/c23-19(16-10-17(24-22-16)13-1-3-20-4-2-13)21-18-14-6-11-5-12(8-14)9-15(18)7-11/h1-4,10-12,14-15,18H,5-9H2,(H,21,23). The Balaban J connectivity index is 1.32. The highest BCUT2D eigenvalue weighted by Crippen LogP contribution is 2.53. The number of amides is 1. The maximum atomic E-state index is 12.6. The number of aromatic nitrogens is 2. The van der Waals surface area contributed by atoms with Crippen molar-refractivity contribution in [3.8, 4) is 11.3 Å². The third kappa shape index (κ3) is 2.34. The van der Waals surface area contributed by atoms with E-state index in [-0.39, 0.29) is 5.91 Å². The van der Waals surface area contributed by atoms with Crippen LogP contribution in [-0.4, -0.2) is 22.1 Å². The Bertz CT molecular complexity index is 727. The number of pyridine rings is 1. The van der Waals surface area contributed by atoms with Gasteiger partial charge in [-0.15, -0.1) is 0 Å². The summed E-state index contributed by atoms with van der Waals surface area (Å²) in [5, 5.41) is 7.24. The van der Waals surface area contributed by atoms with Crippen LogP contribution in [0, 0.1) is 23.7 Å². The van der Waals surface area contributed by atoms with Crippen LogP contribution in [0.5, 0.6) is 0 Å². The van der Waals surface area contributed by atoms with Crippen LogP contribution in [0.4, 0.5) is 0 Å². The van der Waals surface area contributed by atoms with Crippen LogP contribution >= 0.6 is 0 Å². The van der Waals surface area contributed by atoms with E-state index in [1.807, 2.05) is 12.1 Å². The van der Waals surface area contributed by atoms with Crippen molar-refractivity contribution in [3.05, 3.63) is 36.3 Å². The second kappa shape index (κ2) is 5.43. The van der Waals surface area contributed by atoms with Crippen molar-refractivity contribution < 1.29 is 9.32 Å². The summed E-state index contributed by atoms with van der Waals surface area (Å²) >= 11 is 0. The molecule has 2 aromatic rings. The lowest BCUT2D eigenvalue weighted by molar-refractivity contribution is -0.0120. The molecule has 2 aromatic heterocycles. The lowest BCUT2D eigenvalue weighted by Crippen LogP contribution is -2.55. The largest absolute Gasteiger partial charge is 0.355 e. The fourth-order valence-corrected chi connectivity index (χ4v) is 5.42. The summed E-state index contributed by atoms with van der Waals surface area (Å²) in [7, 11) is 0. The molecule has 0 aromatic carbocycles. The minimum atomic E-state index is -0.100. The van der Waals surface area contributed by atoms with E-state index in [1.165, 1.54) is 32.1 Å². The fraction of sp³-hybridized carbons (Fsp3) is 0.526. The Morgan fingerprint density at radius 2 is 1.71 bits per heavy atom. The molecule has 4 saturated carbocycles. The van der Waals surface area contributed by atoms with Gasteiger partial charge in [-0.1, -0.05) is 5.16 Å². The quantitative estimate of drug-likeness (QED) is 0.941. The molecule has 2 heterocycles. The molecule has 6 rings (SSSR count). The summed E-state index contributed by atoms with van der Waals surface area (Å²) in [6, 6.07) is 5.74. The van der Waals surface area contributed by atoms with Crippen molar-refractivity contribution in [2.45, 2.75) is 38.1 Å². The van der Waals surface area contributed by atoms with Crippen molar-refractivity contribution in [2.75, 3.05) is 0 Å². The lowest BCUT2D eigenvalue weighted by Gasteiger charge is -2.54. The van der Waals surface area contributed by atoms with Crippen LogP contribution in [0.1, 0.15) is 42.6 Å². The molecule has 4 fully saturated rings. The van der Waals surface area contributed by atoms with Gasteiger partial charge in [-0.05, 0) is 67.9 Å². The van der Waals surface area contributed by atoms with Crippen LogP contribution in [0.25, 0.3) is 11.3 Å². The molecule has 0 spiro atoms. The van der Waals surface area contributed by atoms with Crippen LogP contribution in [0.15, 0.2) is 35.1 Å². The number of nitrogens with one attached hydrogen (secondary N) is 1. The van der Waals surface area contributed by atoms with Crippen molar-refractivity contribution in [1.29, 1.82) is 0 Å². The Hall–Kier alpha value is -2.17. The summed E-state index contributed by atoms with van der Waals surface area (Å²) in [6.07, 6.45) is 9.99. The van der Waals surface area contributed by atoms with E-state index in [4.69, 9.17) is 4.52 Å². The van der Waals surface area contributed by atoms with Crippen molar-refractivity contribution in [3.63, 3.8) is 0 Å². The molecule has 4 aliphatic rings. The number of carbonyl (C=O) groups excluding carboxylic acids is 1. The summed E-state index contributed by atoms with van der Waals surface area (Å²) < 4.78 is 5.34. The topological polar surface area (TPSA) is 68.0 Å². The maximum absolute atomic E-state index is 12.6. The number of hydrogen-bond acceptors (Lipinski definition) is 4. The molecule has 0 atom stereocenters. The van der Waals surface area contributed by atoms with Gasteiger partial charge in [-0.2, -0.15) is 0 Å². The number of nitrogens with zero attached hydrogens (tertiary/aromatic N) is 2. The Labute approximate surface area is 140 Å². The van der Waals surface area contributed by atoms with Crippen LogP contribution in [0.2, 0.25) is 0 Å². The molecule has 1 N–H and O–H groups in total. The van der Waals surface area contributed by atoms with Gasteiger partial charge in [0, 0.05) is 30.1 Å². The van der Waals surface area contributed by atoms with Gasteiger partial charge in [0.1, 0.15) is 0 Å². The molecule has 1 amide bonds. The molecule has 0 unspecified atom stereocenters. The summed E-state index contributed by atoms with van der Waals surface area (Å²) in [5.41, 5.74) is 1.25. The monoisotopic (exact) mass is 323 g/mol. The van der Waals surface area contributed by atoms with Crippen LogP contribution < -0.4 is 5.32 Å². The number of hydrogen-bond donors (Lipinski definition) is 1. The summed E-state index contributed by atoms with van der Waals surface area (Å²) in [6.45, 7) is 0. The lowest BCUT2D eigenvalue weighted by atomic mass is 9.54. The highest BCUT2D eigenvalue weighted by Gasteiger charge is 2.48. The minimum Gasteiger partial charge on any atom is -0.355 e. The average molecular weight is 323 g/mol. The van der Waals surface area contributed by atoms with E-state index in [0.29, 0.717) is 29.3 Å². The van der Waals surface area contributed by atoms with Gasteiger partial charge in [0.15, 0.2) is 11.5 Å². The Morgan fingerprint density at radius 3 is 2.38 bits per heavy atom. The predicted octanol–water partition coefficient (Wildman–Crippen LogP) is 3.29. The fourth-order valence-electron chi connectivity index (χ4n) is 5.42.